The van der Waals surface area contributed by atoms with Gasteiger partial charge in [-0.2, -0.15) is 0 Å². The summed E-state index contributed by atoms with van der Waals surface area (Å²) in [7, 11) is 1.78. The van der Waals surface area contributed by atoms with Gasteiger partial charge in [0.1, 0.15) is 0 Å². The van der Waals surface area contributed by atoms with Crippen LogP contribution in [0.25, 0.3) is 0 Å². The monoisotopic (exact) mass is 358 g/mol. The number of carbonyl (C=O) groups is 2. The van der Waals surface area contributed by atoms with Crippen molar-refractivity contribution in [1.82, 2.24) is 0 Å². The van der Waals surface area contributed by atoms with Crippen molar-refractivity contribution >= 4 is 39.1 Å². The highest BCUT2D eigenvalue weighted by Gasteiger charge is 2.21. The fraction of sp³-hybridized carbons (Fsp3) is 0.176. The van der Waals surface area contributed by atoms with Gasteiger partial charge >= 0.3 is 0 Å². The molecule has 0 fully saturated rings. The van der Waals surface area contributed by atoms with Gasteiger partial charge in [0.15, 0.2) is 0 Å². The van der Waals surface area contributed by atoms with E-state index in [1.165, 1.54) is 0 Å². The topological polar surface area (TPSA) is 49.4 Å². The number of hydrogen-bond donors (Lipinski definition) is 1. The zero-order chi connectivity index (χ0) is 15.7. The van der Waals surface area contributed by atoms with E-state index in [-0.39, 0.29) is 11.8 Å². The summed E-state index contributed by atoms with van der Waals surface area (Å²) in [6, 6.07) is 12.9. The van der Waals surface area contributed by atoms with Crippen LogP contribution in [0, 0.1) is 0 Å². The summed E-state index contributed by atoms with van der Waals surface area (Å²) in [5.41, 5.74) is 3.32. The van der Waals surface area contributed by atoms with Crippen molar-refractivity contribution in [3.8, 4) is 0 Å². The highest BCUT2D eigenvalue weighted by atomic mass is 79.9. The minimum absolute atomic E-state index is 0.123. The molecule has 0 aliphatic carbocycles. The van der Waals surface area contributed by atoms with Crippen LogP contribution in [0.1, 0.15) is 22.3 Å². The van der Waals surface area contributed by atoms with Crippen molar-refractivity contribution in [1.29, 1.82) is 0 Å². The zero-order valence-corrected chi connectivity index (χ0v) is 13.7. The van der Waals surface area contributed by atoms with E-state index in [1.54, 1.807) is 18.0 Å². The highest BCUT2D eigenvalue weighted by molar-refractivity contribution is 9.10. The summed E-state index contributed by atoms with van der Waals surface area (Å²) in [4.78, 5) is 25.7. The van der Waals surface area contributed by atoms with E-state index in [0.29, 0.717) is 18.4 Å². The van der Waals surface area contributed by atoms with E-state index in [2.05, 4.69) is 21.2 Å². The predicted octanol–water partition coefficient (Wildman–Crippen LogP) is 3.61. The normalized spacial score (nSPS) is 13.7. The third kappa shape index (κ3) is 2.76. The molecule has 2 amide bonds. The van der Waals surface area contributed by atoms with Crippen LogP contribution >= 0.6 is 15.9 Å². The van der Waals surface area contributed by atoms with E-state index >= 15 is 0 Å². The Hall–Kier alpha value is -2.14. The second-order valence-corrected chi connectivity index (χ2v) is 6.08. The smallest absolute Gasteiger partial charge is 0.256 e. The van der Waals surface area contributed by atoms with E-state index in [4.69, 9.17) is 0 Å². The number of amides is 2. The Morgan fingerprint density at radius 1 is 1.18 bits per heavy atom. The summed E-state index contributed by atoms with van der Waals surface area (Å²) in [5.74, 6) is -0.0369. The first kappa shape index (κ1) is 14.8. The first-order chi connectivity index (χ1) is 10.6. The molecule has 22 heavy (non-hydrogen) atoms. The number of carbonyl (C=O) groups excluding carboxylic acids is 2. The van der Waals surface area contributed by atoms with Gasteiger partial charge in [-0.25, -0.2) is 0 Å². The average molecular weight is 359 g/mol. The Balaban J connectivity index is 1.84. The molecule has 3 rings (SSSR count). The quantitative estimate of drug-likeness (QED) is 0.891. The third-order valence-electron chi connectivity index (χ3n) is 3.80. The summed E-state index contributed by atoms with van der Waals surface area (Å²) >= 11 is 3.38. The zero-order valence-electron chi connectivity index (χ0n) is 12.1. The molecule has 5 heteroatoms. The molecule has 0 unspecified atom stereocenters. The minimum Gasteiger partial charge on any atom is -0.322 e. The Morgan fingerprint density at radius 2 is 1.95 bits per heavy atom. The molecule has 0 aromatic heterocycles. The number of aryl methyl sites for hydroxylation is 1. The van der Waals surface area contributed by atoms with Crippen molar-refractivity contribution in [2.24, 2.45) is 0 Å². The van der Waals surface area contributed by atoms with Gasteiger partial charge in [-0.05, 0) is 58.2 Å². The molecule has 0 bridgehead atoms. The molecule has 0 radical (unpaired) electrons. The maximum Gasteiger partial charge on any atom is 0.256 e. The van der Waals surface area contributed by atoms with Crippen LogP contribution in [0.3, 0.4) is 0 Å². The lowest BCUT2D eigenvalue weighted by molar-refractivity contribution is -0.118. The molecule has 1 heterocycles. The number of nitrogens with zero attached hydrogens (tertiary/aromatic N) is 1. The van der Waals surface area contributed by atoms with Crippen LogP contribution in [0.15, 0.2) is 46.9 Å². The summed E-state index contributed by atoms with van der Waals surface area (Å²) in [5, 5.41) is 2.90. The molecule has 2 aromatic rings. The third-order valence-corrected chi connectivity index (χ3v) is 4.49. The van der Waals surface area contributed by atoms with Gasteiger partial charge in [0, 0.05) is 29.3 Å². The Kier molecular flexibility index (Phi) is 3.98. The number of anilines is 2. The van der Waals surface area contributed by atoms with Crippen LogP contribution < -0.4 is 10.2 Å². The second kappa shape index (κ2) is 5.93. The van der Waals surface area contributed by atoms with Crippen LogP contribution in [-0.2, 0) is 11.2 Å². The SMILES string of the molecule is CN1C(=O)CCc2cc(NC(=O)c3ccccc3Br)ccc21. The first-order valence-corrected chi connectivity index (χ1v) is 7.81. The Bertz CT molecular complexity index is 758. The largest absolute Gasteiger partial charge is 0.322 e. The Morgan fingerprint density at radius 3 is 2.73 bits per heavy atom. The fourth-order valence-corrected chi connectivity index (χ4v) is 3.04. The molecule has 0 saturated carbocycles. The van der Waals surface area contributed by atoms with E-state index in [1.807, 2.05) is 36.4 Å². The summed E-state index contributed by atoms with van der Waals surface area (Å²) < 4.78 is 0.760. The fourth-order valence-electron chi connectivity index (χ4n) is 2.58. The van der Waals surface area contributed by atoms with Gasteiger partial charge in [-0.1, -0.05) is 12.1 Å². The van der Waals surface area contributed by atoms with Gasteiger partial charge < -0.3 is 10.2 Å². The number of rotatable bonds is 2. The van der Waals surface area contributed by atoms with Crippen molar-refractivity contribution in [2.45, 2.75) is 12.8 Å². The summed E-state index contributed by atoms with van der Waals surface area (Å²) in [6.45, 7) is 0. The lowest BCUT2D eigenvalue weighted by atomic mass is 10.0. The van der Waals surface area contributed by atoms with E-state index in [0.717, 1.165) is 21.4 Å². The Labute approximate surface area is 137 Å². The van der Waals surface area contributed by atoms with Crippen molar-refractivity contribution < 1.29 is 9.59 Å². The van der Waals surface area contributed by atoms with Crippen molar-refractivity contribution in [2.75, 3.05) is 17.3 Å². The van der Waals surface area contributed by atoms with Crippen LogP contribution in [0.4, 0.5) is 11.4 Å². The second-order valence-electron chi connectivity index (χ2n) is 5.23. The number of fused-ring (bicyclic) bond motifs is 1. The molecular weight excluding hydrogens is 344 g/mol. The lowest BCUT2D eigenvalue weighted by Crippen LogP contribution is -2.31. The molecule has 0 saturated heterocycles. The van der Waals surface area contributed by atoms with Crippen LogP contribution in [-0.4, -0.2) is 18.9 Å². The maximum absolute atomic E-state index is 12.3. The van der Waals surface area contributed by atoms with Gasteiger partial charge in [0.25, 0.3) is 5.91 Å². The molecule has 1 aliphatic rings. The van der Waals surface area contributed by atoms with Crippen molar-refractivity contribution in [3.05, 3.63) is 58.1 Å². The number of nitrogens with one attached hydrogen (secondary N) is 1. The molecule has 2 aromatic carbocycles. The first-order valence-electron chi connectivity index (χ1n) is 7.01. The van der Waals surface area contributed by atoms with Crippen LogP contribution in [0.5, 0.6) is 0 Å². The highest BCUT2D eigenvalue weighted by Crippen LogP contribution is 2.29. The standard InChI is InChI=1S/C17H15BrN2O2/c1-20-15-8-7-12(10-11(15)6-9-16(20)21)19-17(22)13-4-2-3-5-14(13)18/h2-5,7-8,10H,6,9H2,1H3,(H,19,22). The van der Waals surface area contributed by atoms with Gasteiger partial charge in [0.05, 0.1) is 5.56 Å². The van der Waals surface area contributed by atoms with Gasteiger partial charge in [-0.3, -0.25) is 9.59 Å². The van der Waals surface area contributed by atoms with Gasteiger partial charge in [0.2, 0.25) is 5.91 Å². The maximum atomic E-state index is 12.3. The van der Waals surface area contributed by atoms with E-state index in [9.17, 15) is 9.59 Å². The predicted molar refractivity (Wildman–Crippen MR) is 90.3 cm³/mol. The van der Waals surface area contributed by atoms with E-state index < -0.39 is 0 Å². The van der Waals surface area contributed by atoms with Crippen LogP contribution in [0.2, 0.25) is 0 Å². The number of halogens is 1. The molecule has 4 nitrogen and oxygen atoms in total. The summed E-state index contributed by atoms with van der Waals surface area (Å²) in [6.07, 6.45) is 1.21. The molecule has 0 spiro atoms. The molecule has 0 atom stereocenters. The van der Waals surface area contributed by atoms with Gasteiger partial charge in [-0.15, -0.1) is 0 Å². The molecule has 1 aliphatic heterocycles. The molecule has 1 N–H and O–H groups in total. The minimum atomic E-state index is -0.160. The number of hydrogen-bond acceptors (Lipinski definition) is 2. The average Bonchev–Trinajstić information content (AvgIpc) is 2.51. The van der Waals surface area contributed by atoms with Crippen molar-refractivity contribution in [3.63, 3.8) is 0 Å². The molecular formula is C17H15BrN2O2. The lowest BCUT2D eigenvalue weighted by Gasteiger charge is -2.26. The number of benzene rings is 2. The molecule has 112 valence electrons.